The van der Waals surface area contributed by atoms with E-state index in [9.17, 15) is 0 Å². The van der Waals surface area contributed by atoms with Crippen LogP contribution in [0.4, 0.5) is 0 Å². The largest absolute Gasteiger partial charge is 0.370 e. The van der Waals surface area contributed by atoms with Crippen molar-refractivity contribution >= 4 is 0 Å². The molecule has 0 bridgehead atoms. The molecule has 0 aliphatic carbocycles. The Morgan fingerprint density at radius 2 is 2.57 bits per heavy atom. The molecule has 1 fully saturated rings. The fourth-order valence-corrected chi connectivity index (χ4v) is 1.91. The first-order chi connectivity index (χ1) is 6.83. The van der Waals surface area contributed by atoms with Crippen molar-refractivity contribution in [2.45, 2.75) is 38.5 Å². The third kappa shape index (κ3) is 1.67. The van der Waals surface area contributed by atoms with E-state index < -0.39 is 0 Å². The summed E-state index contributed by atoms with van der Waals surface area (Å²) in [6.07, 6.45) is 5.82. The first-order valence-corrected chi connectivity index (χ1v) is 5.20. The normalized spacial score (nSPS) is 27.0. The molecule has 0 spiro atoms. The van der Waals surface area contributed by atoms with Crippen LogP contribution in [0.2, 0.25) is 0 Å². The van der Waals surface area contributed by atoms with E-state index in [1.54, 1.807) is 0 Å². The van der Waals surface area contributed by atoms with Crippen LogP contribution >= 0.6 is 0 Å². The minimum absolute atomic E-state index is 0.0454. The number of nitrogens with two attached hydrogens (primary N) is 1. The highest BCUT2D eigenvalue weighted by molar-refractivity contribution is 5.07. The summed E-state index contributed by atoms with van der Waals surface area (Å²) in [5.74, 6) is 0. The highest BCUT2D eigenvalue weighted by Gasteiger charge is 2.28. The lowest BCUT2D eigenvalue weighted by atomic mass is 10.1. The summed E-state index contributed by atoms with van der Waals surface area (Å²) in [6.45, 7) is 3.91. The summed E-state index contributed by atoms with van der Waals surface area (Å²) < 4.78 is 7.75. The van der Waals surface area contributed by atoms with Gasteiger partial charge < -0.3 is 15.0 Å². The highest BCUT2D eigenvalue weighted by atomic mass is 16.5. The zero-order valence-electron chi connectivity index (χ0n) is 8.52. The van der Waals surface area contributed by atoms with Gasteiger partial charge in [0.15, 0.2) is 0 Å². The Hall–Kier alpha value is -0.870. The third-order valence-corrected chi connectivity index (χ3v) is 2.64. The molecule has 0 saturated carbocycles. The van der Waals surface area contributed by atoms with Gasteiger partial charge in [0.05, 0.1) is 18.2 Å². The molecule has 2 rings (SSSR count). The molecule has 4 heteroatoms. The van der Waals surface area contributed by atoms with Crippen molar-refractivity contribution in [2.75, 3.05) is 6.61 Å². The van der Waals surface area contributed by atoms with Gasteiger partial charge in [0.2, 0.25) is 0 Å². The van der Waals surface area contributed by atoms with E-state index in [2.05, 4.69) is 16.5 Å². The van der Waals surface area contributed by atoms with Gasteiger partial charge in [0, 0.05) is 19.2 Å². The van der Waals surface area contributed by atoms with Gasteiger partial charge in [-0.15, -0.1) is 0 Å². The number of nitrogens with zero attached hydrogens (tertiary/aromatic N) is 2. The number of hydrogen-bond acceptors (Lipinski definition) is 3. The summed E-state index contributed by atoms with van der Waals surface area (Å²) in [7, 11) is 0. The van der Waals surface area contributed by atoms with Crippen LogP contribution in [-0.4, -0.2) is 22.2 Å². The van der Waals surface area contributed by atoms with Crippen LogP contribution in [0.1, 0.15) is 31.6 Å². The van der Waals surface area contributed by atoms with Crippen molar-refractivity contribution < 1.29 is 4.74 Å². The van der Waals surface area contributed by atoms with Crippen molar-refractivity contribution in [3.05, 3.63) is 18.2 Å². The van der Waals surface area contributed by atoms with Gasteiger partial charge in [-0.3, -0.25) is 0 Å². The summed E-state index contributed by atoms with van der Waals surface area (Å²) in [5, 5.41) is 0. The number of imidazole rings is 1. The zero-order chi connectivity index (χ0) is 9.97. The Morgan fingerprint density at radius 3 is 3.21 bits per heavy atom. The molecule has 14 heavy (non-hydrogen) atoms. The molecule has 2 N–H and O–H groups in total. The molecular weight excluding hydrogens is 178 g/mol. The number of hydrogen-bond donors (Lipinski definition) is 1. The van der Waals surface area contributed by atoms with Gasteiger partial charge in [-0.25, -0.2) is 4.98 Å². The molecule has 1 aliphatic heterocycles. The second-order valence-electron chi connectivity index (χ2n) is 3.76. The molecule has 0 radical (unpaired) electrons. The number of aromatic nitrogens is 2. The monoisotopic (exact) mass is 195 g/mol. The lowest BCUT2D eigenvalue weighted by molar-refractivity contribution is 0.0983. The van der Waals surface area contributed by atoms with Crippen molar-refractivity contribution in [3.8, 4) is 0 Å². The topological polar surface area (TPSA) is 53.1 Å². The van der Waals surface area contributed by atoms with Crippen LogP contribution in [-0.2, 0) is 11.3 Å². The lowest BCUT2D eigenvalue weighted by Gasteiger charge is -2.16. The maximum Gasteiger partial charge on any atom is 0.114 e. The average molecular weight is 195 g/mol. The predicted octanol–water partition coefficient (Wildman–Crippen LogP) is 1.08. The lowest BCUT2D eigenvalue weighted by Crippen LogP contribution is -2.25. The number of ether oxygens (including phenoxy) is 1. The molecule has 1 saturated heterocycles. The Morgan fingerprint density at radius 1 is 1.71 bits per heavy atom. The van der Waals surface area contributed by atoms with E-state index >= 15 is 0 Å². The van der Waals surface area contributed by atoms with Gasteiger partial charge in [-0.2, -0.15) is 0 Å². The molecular formula is C10H17N3O. The summed E-state index contributed by atoms with van der Waals surface area (Å²) in [4.78, 5) is 4.15. The van der Waals surface area contributed by atoms with Gasteiger partial charge in [0.25, 0.3) is 0 Å². The molecule has 2 unspecified atom stereocenters. The molecule has 0 aromatic carbocycles. The summed E-state index contributed by atoms with van der Waals surface area (Å²) in [6, 6.07) is 0.127. The SMILES string of the molecule is CCCn1cncc1C1OCCC1N. The number of rotatable bonds is 3. The molecule has 1 aromatic rings. The standard InChI is InChI=1S/C10H17N3O/c1-2-4-13-7-12-6-9(13)10-8(11)3-5-14-10/h6-8,10H,2-5,11H2,1H3. The smallest absolute Gasteiger partial charge is 0.114 e. The average Bonchev–Trinajstić information content (AvgIpc) is 2.74. The van der Waals surface area contributed by atoms with Gasteiger partial charge >= 0.3 is 0 Å². The van der Waals surface area contributed by atoms with Crippen molar-refractivity contribution in [2.24, 2.45) is 5.73 Å². The zero-order valence-corrected chi connectivity index (χ0v) is 8.52. The van der Waals surface area contributed by atoms with Gasteiger partial charge in [0.1, 0.15) is 6.10 Å². The van der Waals surface area contributed by atoms with Crippen LogP contribution in [0, 0.1) is 0 Å². The fourth-order valence-electron chi connectivity index (χ4n) is 1.91. The minimum Gasteiger partial charge on any atom is -0.370 e. The van der Waals surface area contributed by atoms with Crippen LogP contribution in [0.5, 0.6) is 0 Å². The predicted molar refractivity (Wildman–Crippen MR) is 53.8 cm³/mol. The Balaban J connectivity index is 2.17. The third-order valence-electron chi connectivity index (χ3n) is 2.64. The second-order valence-corrected chi connectivity index (χ2v) is 3.76. The Bertz CT molecular complexity index is 297. The van der Waals surface area contributed by atoms with Gasteiger partial charge in [-0.05, 0) is 12.8 Å². The highest BCUT2D eigenvalue weighted by Crippen LogP contribution is 2.27. The van der Waals surface area contributed by atoms with Crippen molar-refractivity contribution in [3.63, 3.8) is 0 Å². The first-order valence-electron chi connectivity index (χ1n) is 5.20. The van der Waals surface area contributed by atoms with Crippen LogP contribution < -0.4 is 5.73 Å². The van der Waals surface area contributed by atoms with E-state index in [1.165, 1.54) is 0 Å². The summed E-state index contributed by atoms with van der Waals surface area (Å²) >= 11 is 0. The molecule has 78 valence electrons. The quantitative estimate of drug-likeness (QED) is 0.785. The van der Waals surface area contributed by atoms with Crippen LogP contribution in [0.15, 0.2) is 12.5 Å². The van der Waals surface area contributed by atoms with Crippen LogP contribution in [0.25, 0.3) is 0 Å². The number of aryl methyl sites for hydroxylation is 1. The molecule has 0 amide bonds. The Labute approximate surface area is 84.1 Å². The second kappa shape index (κ2) is 4.11. The van der Waals surface area contributed by atoms with Crippen molar-refractivity contribution in [1.82, 2.24) is 9.55 Å². The molecule has 2 atom stereocenters. The fraction of sp³-hybridized carbons (Fsp3) is 0.700. The van der Waals surface area contributed by atoms with E-state index in [0.29, 0.717) is 0 Å². The van der Waals surface area contributed by atoms with Crippen molar-refractivity contribution in [1.29, 1.82) is 0 Å². The first kappa shape index (κ1) is 9.68. The molecule has 4 nitrogen and oxygen atoms in total. The minimum atomic E-state index is 0.0454. The van der Waals surface area contributed by atoms with E-state index in [0.717, 1.165) is 31.7 Å². The molecule has 2 heterocycles. The van der Waals surface area contributed by atoms with Gasteiger partial charge in [-0.1, -0.05) is 6.92 Å². The Kier molecular flexibility index (Phi) is 2.84. The maximum absolute atomic E-state index is 5.97. The summed E-state index contributed by atoms with van der Waals surface area (Å²) in [5.41, 5.74) is 7.09. The molecule has 1 aromatic heterocycles. The van der Waals surface area contributed by atoms with Crippen LogP contribution in [0.3, 0.4) is 0 Å². The molecule has 1 aliphatic rings. The van der Waals surface area contributed by atoms with E-state index in [-0.39, 0.29) is 12.1 Å². The maximum atomic E-state index is 5.97. The van der Waals surface area contributed by atoms with E-state index in [1.807, 2.05) is 12.5 Å². The van der Waals surface area contributed by atoms with E-state index in [4.69, 9.17) is 10.5 Å².